The molecule has 5 rings (SSSR count). The number of hydrogen-bond donors (Lipinski definition) is 0. The first-order chi connectivity index (χ1) is 19.9. The maximum absolute atomic E-state index is 13.0. The number of hydrogen-bond acceptors (Lipinski definition) is 5. The zero-order valence-corrected chi connectivity index (χ0v) is 26.4. The van der Waals surface area contributed by atoms with Gasteiger partial charge < -0.3 is 18.8 Å². The van der Waals surface area contributed by atoms with Crippen molar-refractivity contribution in [1.82, 2.24) is 4.57 Å². The van der Waals surface area contributed by atoms with E-state index in [0.29, 0.717) is 36.9 Å². The number of aromatic nitrogens is 1. The average Bonchev–Trinajstić information content (AvgIpc) is 3.27. The number of fused-ring (bicyclic) bond motifs is 2. The summed E-state index contributed by atoms with van der Waals surface area (Å²) in [5, 5.41) is 3.75. The molecule has 0 N–H and O–H groups in total. The molecule has 8 heteroatoms. The van der Waals surface area contributed by atoms with Crippen LogP contribution in [0, 0.1) is 6.92 Å². The summed E-state index contributed by atoms with van der Waals surface area (Å²) in [6, 6.07) is 24.6. The van der Waals surface area contributed by atoms with Crippen LogP contribution in [-0.4, -0.2) is 30.9 Å². The van der Waals surface area contributed by atoms with Crippen LogP contribution in [0.1, 0.15) is 35.0 Å². The molecular formula is C33H31BrClNO4S. The highest BCUT2D eigenvalue weighted by molar-refractivity contribution is 9.10. The summed E-state index contributed by atoms with van der Waals surface area (Å²) in [4.78, 5) is 14.1. The fourth-order valence-electron chi connectivity index (χ4n) is 5.00. The predicted octanol–water partition coefficient (Wildman–Crippen LogP) is 9.47. The Morgan fingerprint density at radius 1 is 1.05 bits per heavy atom. The second-order valence-electron chi connectivity index (χ2n) is 9.58. The Hall–Kier alpha value is -3.13. The normalized spacial score (nSPS) is 11.2. The van der Waals surface area contributed by atoms with Crippen LogP contribution in [0.25, 0.3) is 21.7 Å². The Labute approximate surface area is 257 Å². The summed E-state index contributed by atoms with van der Waals surface area (Å²) in [6.45, 7) is 5.14. The number of esters is 1. The van der Waals surface area contributed by atoms with Gasteiger partial charge in [0.15, 0.2) is 0 Å². The van der Waals surface area contributed by atoms with E-state index in [9.17, 15) is 4.79 Å². The molecular weight excluding hydrogens is 622 g/mol. The van der Waals surface area contributed by atoms with Crippen LogP contribution in [0.2, 0.25) is 5.02 Å². The summed E-state index contributed by atoms with van der Waals surface area (Å²) < 4.78 is 19.9. The van der Waals surface area contributed by atoms with Gasteiger partial charge in [-0.05, 0) is 89.1 Å². The Balaban J connectivity index is 1.34. The van der Waals surface area contributed by atoms with E-state index >= 15 is 0 Å². The van der Waals surface area contributed by atoms with Crippen LogP contribution in [0.3, 0.4) is 0 Å². The first kappa shape index (κ1) is 29.4. The molecule has 0 amide bonds. The molecule has 0 fully saturated rings. The molecule has 0 saturated heterocycles. The van der Waals surface area contributed by atoms with Gasteiger partial charge in [0.2, 0.25) is 0 Å². The minimum absolute atomic E-state index is 0.310. The van der Waals surface area contributed by atoms with E-state index in [1.54, 1.807) is 18.9 Å². The van der Waals surface area contributed by atoms with Crippen LogP contribution in [0.5, 0.6) is 11.5 Å². The third kappa shape index (κ3) is 6.37. The smallest absolute Gasteiger partial charge is 0.355 e. The number of carbonyl (C=O) groups excluding carboxylic acids is 1. The minimum atomic E-state index is -0.335. The van der Waals surface area contributed by atoms with Crippen molar-refractivity contribution in [1.29, 1.82) is 0 Å². The lowest BCUT2D eigenvalue weighted by Gasteiger charge is -2.14. The standard InChI is InChI=1S/C33H31BrClNO4S/c1-4-39-33(37)32-21(2)30-28(15-14-27(35)31(30)34)36(32)16-7-17-40-29-19-25(18-23-8-5-6-9-26(23)29)41-20-22-10-12-24(38-3)13-11-22/h5-6,8-15,18-19H,4,7,16-17,20H2,1-3H3. The van der Waals surface area contributed by atoms with Gasteiger partial charge in [0.1, 0.15) is 17.2 Å². The van der Waals surface area contributed by atoms with Crippen LogP contribution in [0.4, 0.5) is 0 Å². The van der Waals surface area contributed by atoms with Crippen LogP contribution in [-0.2, 0) is 17.0 Å². The van der Waals surface area contributed by atoms with Crippen LogP contribution in [0.15, 0.2) is 82.2 Å². The Morgan fingerprint density at radius 2 is 1.83 bits per heavy atom. The predicted molar refractivity (Wildman–Crippen MR) is 172 cm³/mol. The van der Waals surface area contributed by atoms with Gasteiger partial charge in [-0.2, -0.15) is 0 Å². The number of thioether (sulfide) groups is 1. The highest BCUT2D eigenvalue weighted by Crippen LogP contribution is 2.37. The van der Waals surface area contributed by atoms with Crippen LogP contribution >= 0.6 is 39.3 Å². The van der Waals surface area contributed by atoms with Gasteiger partial charge in [-0.25, -0.2) is 4.79 Å². The van der Waals surface area contributed by atoms with E-state index in [4.69, 9.17) is 25.8 Å². The molecule has 0 radical (unpaired) electrons. The van der Waals surface area contributed by atoms with Gasteiger partial charge in [-0.15, -0.1) is 11.8 Å². The highest BCUT2D eigenvalue weighted by atomic mass is 79.9. The van der Waals surface area contributed by atoms with E-state index in [-0.39, 0.29) is 5.97 Å². The SMILES string of the molecule is CCOC(=O)c1c(C)c2c(Br)c(Cl)ccc2n1CCCOc1cc(SCc2ccc(OC)cc2)cc2ccccc12. The lowest BCUT2D eigenvalue weighted by molar-refractivity contribution is 0.0513. The summed E-state index contributed by atoms with van der Waals surface area (Å²) in [6.07, 6.45) is 0.702. The fraction of sp³-hybridized carbons (Fsp3) is 0.242. The van der Waals surface area contributed by atoms with E-state index < -0.39 is 0 Å². The average molecular weight is 653 g/mol. The maximum Gasteiger partial charge on any atom is 0.355 e. The lowest BCUT2D eigenvalue weighted by Crippen LogP contribution is -2.15. The zero-order chi connectivity index (χ0) is 28.9. The summed E-state index contributed by atoms with van der Waals surface area (Å²) >= 11 is 11.8. The quantitative estimate of drug-likeness (QED) is 0.0808. The Morgan fingerprint density at radius 3 is 2.59 bits per heavy atom. The van der Waals surface area contributed by atoms with E-state index in [0.717, 1.165) is 53.9 Å². The van der Waals surface area contributed by atoms with Gasteiger partial charge in [-0.1, -0.05) is 48.0 Å². The summed E-state index contributed by atoms with van der Waals surface area (Å²) in [7, 11) is 1.68. The zero-order valence-electron chi connectivity index (χ0n) is 23.2. The topological polar surface area (TPSA) is 49.7 Å². The van der Waals surface area contributed by atoms with E-state index in [1.807, 2.05) is 54.8 Å². The van der Waals surface area contributed by atoms with Crippen molar-refractivity contribution in [3.8, 4) is 11.5 Å². The minimum Gasteiger partial charge on any atom is -0.497 e. The van der Waals surface area contributed by atoms with E-state index in [2.05, 4.69) is 52.3 Å². The third-order valence-corrected chi connectivity index (χ3v) is 9.39. The number of rotatable bonds is 11. The van der Waals surface area contributed by atoms with Crippen LogP contribution < -0.4 is 9.47 Å². The number of halogens is 2. The third-order valence-electron chi connectivity index (χ3n) is 6.98. The monoisotopic (exact) mass is 651 g/mol. The molecule has 0 saturated carbocycles. The molecule has 0 atom stereocenters. The van der Waals surface area contributed by atoms with Crippen molar-refractivity contribution in [3.05, 3.63) is 99.1 Å². The summed E-state index contributed by atoms with van der Waals surface area (Å²) in [5.74, 6) is 2.22. The maximum atomic E-state index is 13.0. The highest BCUT2D eigenvalue weighted by Gasteiger charge is 2.23. The first-order valence-corrected chi connectivity index (χ1v) is 15.6. The molecule has 5 aromatic rings. The van der Waals surface area contributed by atoms with Crippen molar-refractivity contribution >= 4 is 66.9 Å². The van der Waals surface area contributed by atoms with E-state index in [1.165, 1.54) is 5.56 Å². The molecule has 41 heavy (non-hydrogen) atoms. The molecule has 0 bridgehead atoms. The molecule has 1 aromatic heterocycles. The largest absolute Gasteiger partial charge is 0.497 e. The molecule has 0 aliphatic heterocycles. The van der Waals surface area contributed by atoms with Crippen molar-refractivity contribution in [3.63, 3.8) is 0 Å². The molecule has 212 valence electrons. The lowest BCUT2D eigenvalue weighted by atomic mass is 10.1. The molecule has 5 nitrogen and oxygen atoms in total. The van der Waals surface area contributed by atoms with Gasteiger partial charge in [-0.3, -0.25) is 0 Å². The molecule has 0 aliphatic carbocycles. The van der Waals surface area contributed by atoms with Crippen molar-refractivity contribution < 1.29 is 19.0 Å². The number of nitrogens with zero attached hydrogens (tertiary/aromatic N) is 1. The Kier molecular flexibility index (Phi) is 9.48. The van der Waals surface area contributed by atoms with Crippen molar-refractivity contribution in [2.45, 2.75) is 37.5 Å². The second-order valence-corrected chi connectivity index (χ2v) is 11.8. The number of methoxy groups -OCH3 is 1. The van der Waals surface area contributed by atoms with Gasteiger partial charge >= 0.3 is 5.97 Å². The first-order valence-electron chi connectivity index (χ1n) is 13.5. The second kappa shape index (κ2) is 13.2. The molecule has 0 aliphatic rings. The number of aryl methyl sites for hydroxylation is 2. The number of benzene rings is 4. The fourth-order valence-corrected chi connectivity index (χ4v) is 6.72. The Bertz CT molecular complexity index is 1700. The van der Waals surface area contributed by atoms with Crippen molar-refractivity contribution in [2.75, 3.05) is 20.3 Å². The van der Waals surface area contributed by atoms with Gasteiger partial charge in [0.05, 0.1) is 30.9 Å². The van der Waals surface area contributed by atoms with Gasteiger partial charge in [0, 0.05) is 32.4 Å². The van der Waals surface area contributed by atoms with Gasteiger partial charge in [0.25, 0.3) is 0 Å². The summed E-state index contributed by atoms with van der Waals surface area (Å²) in [5.41, 5.74) is 3.56. The molecule has 4 aromatic carbocycles. The number of carbonyl (C=O) groups is 1. The molecule has 0 spiro atoms. The molecule has 0 unspecified atom stereocenters. The number of ether oxygens (including phenoxy) is 3. The molecule has 1 heterocycles. The van der Waals surface area contributed by atoms with Crippen molar-refractivity contribution in [2.24, 2.45) is 0 Å².